The van der Waals surface area contributed by atoms with E-state index in [1.807, 2.05) is 72.7 Å². The van der Waals surface area contributed by atoms with Crippen molar-refractivity contribution in [3.63, 3.8) is 0 Å². The van der Waals surface area contributed by atoms with Crippen LogP contribution in [0.25, 0.3) is 22.8 Å². The van der Waals surface area contributed by atoms with Crippen LogP contribution in [0.4, 0.5) is 10.5 Å². The summed E-state index contributed by atoms with van der Waals surface area (Å²) in [5.41, 5.74) is 2.45. The molecule has 11 heteroatoms. The number of nitrogens with one attached hydrogen (secondary N) is 1. The van der Waals surface area contributed by atoms with E-state index in [0.29, 0.717) is 56.2 Å². The number of aromatic nitrogens is 2. The molecule has 3 heterocycles. The molecule has 0 unspecified atom stereocenters. The largest absolute Gasteiger partial charge is 0.490 e. The summed E-state index contributed by atoms with van der Waals surface area (Å²) in [7, 11) is 0. The van der Waals surface area contributed by atoms with E-state index in [0.717, 1.165) is 35.3 Å². The Morgan fingerprint density at radius 2 is 1.70 bits per heavy atom. The summed E-state index contributed by atoms with van der Waals surface area (Å²) in [6, 6.07) is 11.7. The van der Waals surface area contributed by atoms with Crippen LogP contribution in [0.3, 0.4) is 0 Å². The number of alkyl carbamates (subject to hydrolysis) is 1. The molecular formula is C32H42N4O7. The number of benzene rings is 2. The van der Waals surface area contributed by atoms with Gasteiger partial charge in [0, 0.05) is 29.9 Å². The highest BCUT2D eigenvalue weighted by atomic mass is 16.7. The van der Waals surface area contributed by atoms with Crippen molar-refractivity contribution in [2.75, 3.05) is 44.4 Å². The number of rotatable bonds is 9. The van der Waals surface area contributed by atoms with Crippen molar-refractivity contribution in [1.82, 2.24) is 15.5 Å². The Balaban J connectivity index is 1.34. The van der Waals surface area contributed by atoms with E-state index in [1.54, 1.807) is 0 Å². The number of hydrogen-bond donors (Lipinski definition) is 1. The molecule has 1 fully saturated rings. The highest BCUT2D eigenvalue weighted by molar-refractivity contribution is 5.71. The summed E-state index contributed by atoms with van der Waals surface area (Å²) in [5.74, 6) is 1.49. The lowest BCUT2D eigenvalue weighted by atomic mass is 9.99. The van der Waals surface area contributed by atoms with Gasteiger partial charge in [-0.05, 0) is 96.8 Å². The molecule has 232 valence electrons. The standard InChI is InChI=1S/C32H42N4O7/c1-8-38-25-13-11-23(17-26(25)39-9-2)28-33-27(35-43-28)22-10-12-24-21(16-22)14-15-36(24)18-32(19-40-31(6,7)41-20-32)34-29(37)42-30(3,4)5/h10-13,16-17H,8-9,14-15,18-20H2,1-7H3,(H,34,37). The molecule has 1 aromatic heterocycles. The van der Waals surface area contributed by atoms with Crippen LogP contribution >= 0.6 is 0 Å². The van der Waals surface area contributed by atoms with Gasteiger partial charge in [-0.3, -0.25) is 0 Å². The molecule has 0 radical (unpaired) electrons. The smallest absolute Gasteiger partial charge is 0.408 e. The Labute approximate surface area is 252 Å². The topological polar surface area (TPSA) is 117 Å². The van der Waals surface area contributed by atoms with E-state index >= 15 is 0 Å². The van der Waals surface area contributed by atoms with Gasteiger partial charge in [0.1, 0.15) is 11.1 Å². The van der Waals surface area contributed by atoms with Crippen molar-refractivity contribution in [3.05, 3.63) is 42.0 Å². The first-order chi connectivity index (χ1) is 20.4. The molecule has 3 aromatic rings. The van der Waals surface area contributed by atoms with Gasteiger partial charge in [-0.15, -0.1) is 0 Å². The third-order valence-electron chi connectivity index (χ3n) is 7.20. The fourth-order valence-electron chi connectivity index (χ4n) is 5.21. The number of carbonyl (C=O) groups excluding carboxylic acids is 1. The second-order valence-electron chi connectivity index (χ2n) is 12.4. The van der Waals surface area contributed by atoms with Gasteiger partial charge >= 0.3 is 6.09 Å². The monoisotopic (exact) mass is 594 g/mol. The molecule has 5 rings (SSSR count). The Hall–Kier alpha value is -3.83. The summed E-state index contributed by atoms with van der Waals surface area (Å²) < 4.78 is 34.6. The highest BCUT2D eigenvalue weighted by Gasteiger charge is 2.44. The van der Waals surface area contributed by atoms with E-state index in [9.17, 15) is 4.79 Å². The van der Waals surface area contributed by atoms with Gasteiger partial charge in [0.05, 0.1) is 26.4 Å². The zero-order valence-corrected chi connectivity index (χ0v) is 26.1. The first kappa shape index (κ1) is 30.6. The van der Waals surface area contributed by atoms with Crippen LogP contribution in [0.2, 0.25) is 0 Å². The number of ether oxygens (including phenoxy) is 5. The molecule has 2 aromatic carbocycles. The molecule has 43 heavy (non-hydrogen) atoms. The van der Waals surface area contributed by atoms with Gasteiger partial charge in [0.15, 0.2) is 17.3 Å². The second-order valence-corrected chi connectivity index (χ2v) is 12.4. The predicted octanol–water partition coefficient (Wildman–Crippen LogP) is 5.61. The summed E-state index contributed by atoms with van der Waals surface area (Å²) in [6.07, 6.45) is 0.336. The Morgan fingerprint density at radius 1 is 1.00 bits per heavy atom. The van der Waals surface area contributed by atoms with Crippen LogP contribution in [0.15, 0.2) is 40.9 Å². The first-order valence-corrected chi connectivity index (χ1v) is 14.8. The zero-order valence-electron chi connectivity index (χ0n) is 26.1. The molecule has 1 N–H and O–H groups in total. The Bertz CT molecular complexity index is 1440. The third kappa shape index (κ3) is 7.22. The average molecular weight is 595 g/mol. The van der Waals surface area contributed by atoms with E-state index in [2.05, 4.69) is 32.5 Å². The number of amides is 1. The van der Waals surface area contributed by atoms with Crippen molar-refractivity contribution >= 4 is 11.8 Å². The second kappa shape index (κ2) is 12.0. The fourth-order valence-corrected chi connectivity index (χ4v) is 5.21. The SMILES string of the molecule is CCOc1ccc(-c2nc(-c3ccc4c(c3)CCN4CC3(NC(=O)OC(C)(C)C)COC(C)(C)OC3)no2)cc1OCC. The summed E-state index contributed by atoms with van der Waals surface area (Å²) in [6.45, 7) is 16.1. The maximum atomic E-state index is 12.8. The summed E-state index contributed by atoms with van der Waals surface area (Å²) in [5, 5.41) is 7.32. The molecule has 0 spiro atoms. The van der Waals surface area contributed by atoms with Crippen LogP contribution < -0.4 is 19.7 Å². The molecule has 0 atom stereocenters. The van der Waals surface area contributed by atoms with Crippen LogP contribution in [-0.2, 0) is 20.6 Å². The number of nitrogens with zero attached hydrogens (tertiary/aromatic N) is 3. The van der Waals surface area contributed by atoms with Crippen LogP contribution in [0.1, 0.15) is 54.0 Å². The average Bonchev–Trinajstić information content (AvgIpc) is 3.58. The maximum Gasteiger partial charge on any atom is 0.408 e. The molecule has 1 saturated heterocycles. The number of anilines is 1. The fraction of sp³-hybridized carbons (Fsp3) is 0.531. The van der Waals surface area contributed by atoms with Crippen molar-refractivity contribution in [3.8, 4) is 34.3 Å². The van der Waals surface area contributed by atoms with Crippen LogP contribution in [-0.4, -0.2) is 72.7 Å². The maximum absolute atomic E-state index is 12.8. The molecule has 2 aliphatic heterocycles. The first-order valence-electron chi connectivity index (χ1n) is 14.8. The molecule has 0 bridgehead atoms. The predicted molar refractivity (Wildman–Crippen MR) is 162 cm³/mol. The lowest BCUT2D eigenvalue weighted by molar-refractivity contribution is -0.269. The van der Waals surface area contributed by atoms with E-state index in [1.165, 1.54) is 0 Å². The minimum absolute atomic E-state index is 0.297. The third-order valence-corrected chi connectivity index (χ3v) is 7.20. The quantitative estimate of drug-likeness (QED) is 0.335. The summed E-state index contributed by atoms with van der Waals surface area (Å²) >= 11 is 0. The minimum Gasteiger partial charge on any atom is -0.490 e. The van der Waals surface area contributed by atoms with Gasteiger partial charge in [-0.1, -0.05) is 5.16 Å². The molecule has 11 nitrogen and oxygen atoms in total. The molecule has 0 aliphatic carbocycles. The lowest BCUT2D eigenvalue weighted by Crippen LogP contribution is -2.66. The lowest BCUT2D eigenvalue weighted by Gasteiger charge is -2.45. The van der Waals surface area contributed by atoms with Crippen LogP contribution in [0.5, 0.6) is 11.5 Å². The van der Waals surface area contributed by atoms with E-state index < -0.39 is 23.0 Å². The van der Waals surface area contributed by atoms with Crippen molar-refractivity contribution < 1.29 is 33.0 Å². The number of fused-ring (bicyclic) bond motifs is 1. The summed E-state index contributed by atoms with van der Waals surface area (Å²) in [4.78, 5) is 19.7. The van der Waals surface area contributed by atoms with Gasteiger partial charge in [-0.2, -0.15) is 4.98 Å². The molecule has 1 amide bonds. The highest BCUT2D eigenvalue weighted by Crippen LogP contribution is 2.36. The Kier molecular flexibility index (Phi) is 8.58. The van der Waals surface area contributed by atoms with Crippen LogP contribution in [0, 0.1) is 0 Å². The van der Waals surface area contributed by atoms with Gasteiger partial charge in [-0.25, -0.2) is 4.79 Å². The van der Waals surface area contributed by atoms with E-state index in [4.69, 9.17) is 28.2 Å². The zero-order chi connectivity index (χ0) is 30.8. The Morgan fingerprint density at radius 3 is 2.40 bits per heavy atom. The van der Waals surface area contributed by atoms with Gasteiger partial charge in [0.25, 0.3) is 5.89 Å². The molecular weight excluding hydrogens is 552 g/mol. The molecule has 2 aliphatic rings. The van der Waals surface area contributed by atoms with Gasteiger partial charge in [0.2, 0.25) is 5.82 Å². The normalized spacial score (nSPS) is 17.3. The van der Waals surface area contributed by atoms with Crippen molar-refractivity contribution in [2.45, 2.75) is 71.8 Å². The van der Waals surface area contributed by atoms with Crippen molar-refractivity contribution in [1.29, 1.82) is 0 Å². The van der Waals surface area contributed by atoms with Crippen molar-refractivity contribution in [2.24, 2.45) is 0 Å². The number of carbonyl (C=O) groups is 1. The van der Waals surface area contributed by atoms with Gasteiger partial charge < -0.3 is 38.4 Å². The molecule has 0 saturated carbocycles. The number of hydrogen-bond acceptors (Lipinski definition) is 10. The minimum atomic E-state index is -0.779. The van der Waals surface area contributed by atoms with E-state index in [-0.39, 0.29) is 0 Å².